The Labute approximate surface area is 97.5 Å². The molecule has 0 radical (unpaired) electrons. The number of hydrogen-bond acceptors (Lipinski definition) is 5. The van der Waals surface area contributed by atoms with Gasteiger partial charge in [0.2, 0.25) is 0 Å². The van der Waals surface area contributed by atoms with Crippen LogP contribution in [-0.4, -0.2) is 33.1 Å². The van der Waals surface area contributed by atoms with Gasteiger partial charge in [-0.05, 0) is 24.3 Å². The first-order chi connectivity index (χ1) is 7.56. The maximum atomic E-state index is 12.2. The lowest BCUT2D eigenvalue weighted by Gasteiger charge is -1.93. The predicted molar refractivity (Wildman–Crippen MR) is 54.8 cm³/mol. The number of hydrogen-bond donors (Lipinski definition) is 2. The van der Waals surface area contributed by atoms with E-state index in [4.69, 9.17) is 9.11 Å². The maximum Gasteiger partial charge on any atom is 0.397 e. The topological polar surface area (TPSA) is 118 Å². The van der Waals surface area contributed by atoms with Crippen molar-refractivity contribution in [3.05, 3.63) is 30.1 Å². The highest BCUT2D eigenvalue weighted by Crippen LogP contribution is 2.08. The van der Waals surface area contributed by atoms with Gasteiger partial charge < -0.3 is 0 Å². The zero-order valence-electron chi connectivity index (χ0n) is 8.44. The molecule has 0 heterocycles. The molecule has 1 aromatic carbocycles. The number of benzene rings is 1. The first-order valence-corrected chi connectivity index (χ1v) is 6.63. The van der Waals surface area contributed by atoms with Gasteiger partial charge in [0.05, 0.1) is 12.0 Å². The van der Waals surface area contributed by atoms with E-state index in [1.165, 1.54) is 0 Å². The van der Waals surface area contributed by atoms with Crippen LogP contribution in [0.3, 0.4) is 0 Å². The quantitative estimate of drug-likeness (QED) is 0.761. The molecule has 0 fully saturated rings. The third-order valence-electron chi connectivity index (χ3n) is 1.32. The molecule has 0 aliphatic rings. The van der Waals surface area contributed by atoms with Crippen LogP contribution in [0.1, 0.15) is 0 Å². The molecule has 0 spiro atoms. The molecule has 1 rings (SSSR count). The van der Waals surface area contributed by atoms with Crippen LogP contribution < -0.4 is 0 Å². The molecule has 7 nitrogen and oxygen atoms in total. The summed E-state index contributed by atoms with van der Waals surface area (Å²) in [6.07, 6.45) is 0. The minimum atomic E-state index is -4.19. The fourth-order valence-corrected chi connectivity index (χ4v) is 1.09. The molecule has 0 unspecified atom stereocenters. The standard InChI is InChI=1S/C6H5FO3S.CH4O4S/c7-5-1-3-6(4-2-5)11(8,9)10;1-5-6(2,3)4/h1-4H,(H,8,9,10);1H3,(H,2,3,4). The summed E-state index contributed by atoms with van der Waals surface area (Å²) in [5.74, 6) is -0.544. The Morgan fingerprint density at radius 2 is 1.41 bits per heavy atom. The summed E-state index contributed by atoms with van der Waals surface area (Å²) in [4.78, 5) is -0.307. The van der Waals surface area contributed by atoms with Crippen LogP contribution >= 0.6 is 0 Å². The van der Waals surface area contributed by atoms with Gasteiger partial charge in [0, 0.05) is 0 Å². The molecule has 0 saturated carbocycles. The predicted octanol–water partition coefficient (Wildman–Crippen LogP) is 0.508. The first kappa shape index (κ1) is 15.9. The van der Waals surface area contributed by atoms with E-state index in [2.05, 4.69) is 4.18 Å². The fourth-order valence-electron chi connectivity index (χ4n) is 0.607. The van der Waals surface area contributed by atoms with Gasteiger partial charge in [-0.15, -0.1) is 0 Å². The molecule has 2 N–H and O–H groups in total. The molecule has 0 amide bonds. The molecule has 0 aliphatic heterocycles. The van der Waals surface area contributed by atoms with Crippen LogP contribution in [0.4, 0.5) is 4.39 Å². The highest BCUT2D eigenvalue weighted by atomic mass is 32.3. The SMILES string of the molecule is COS(=O)(=O)O.O=S(=O)(O)c1ccc(F)cc1. The van der Waals surface area contributed by atoms with Crippen molar-refractivity contribution in [2.75, 3.05) is 7.11 Å². The Morgan fingerprint density at radius 3 is 1.65 bits per heavy atom. The monoisotopic (exact) mass is 288 g/mol. The molecule has 0 aliphatic carbocycles. The molecular formula is C7H9FO7S2. The van der Waals surface area contributed by atoms with Crippen molar-refractivity contribution in [3.63, 3.8) is 0 Å². The van der Waals surface area contributed by atoms with Gasteiger partial charge in [-0.3, -0.25) is 13.3 Å². The van der Waals surface area contributed by atoms with E-state index < -0.39 is 26.3 Å². The van der Waals surface area contributed by atoms with Crippen molar-refractivity contribution in [2.24, 2.45) is 0 Å². The van der Waals surface area contributed by atoms with Gasteiger partial charge in [0.15, 0.2) is 0 Å². The second-order valence-electron chi connectivity index (χ2n) is 2.52. The van der Waals surface area contributed by atoms with Crippen molar-refractivity contribution in [1.29, 1.82) is 0 Å². The second kappa shape index (κ2) is 6.02. The Morgan fingerprint density at radius 1 is 1.06 bits per heavy atom. The lowest BCUT2D eigenvalue weighted by atomic mass is 10.4. The summed E-state index contributed by atoms with van der Waals surface area (Å²) in [6, 6.07) is 3.90. The molecule has 1 aromatic rings. The summed E-state index contributed by atoms with van der Waals surface area (Å²) in [5, 5.41) is 0. The summed E-state index contributed by atoms with van der Waals surface area (Å²) < 4.78 is 71.1. The van der Waals surface area contributed by atoms with Crippen LogP contribution in [-0.2, 0) is 24.7 Å². The van der Waals surface area contributed by atoms with Crippen molar-refractivity contribution in [3.8, 4) is 0 Å². The van der Waals surface area contributed by atoms with Crippen LogP contribution in [0, 0.1) is 5.82 Å². The molecule has 0 atom stereocenters. The largest absolute Gasteiger partial charge is 0.397 e. The molecule has 0 saturated heterocycles. The van der Waals surface area contributed by atoms with Crippen molar-refractivity contribution < 1.29 is 34.5 Å². The Kier molecular flexibility index (Phi) is 5.64. The second-order valence-corrected chi connectivity index (χ2v) is 5.13. The van der Waals surface area contributed by atoms with E-state index in [-0.39, 0.29) is 4.90 Å². The minimum Gasteiger partial charge on any atom is -0.282 e. The Balaban J connectivity index is 0.000000366. The fraction of sp³-hybridized carbons (Fsp3) is 0.143. The van der Waals surface area contributed by atoms with Crippen LogP contribution in [0.15, 0.2) is 29.2 Å². The van der Waals surface area contributed by atoms with E-state index >= 15 is 0 Å². The summed E-state index contributed by atoms with van der Waals surface area (Å²) in [7, 11) is -7.48. The third kappa shape index (κ3) is 7.76. The molecular weight excluding hydrogens is 279 g/mol. The zero-order valence-corrected chi connectivity index (χ0v) is 10.1. The average Bonchev–Trinajstić information content (AvgIpc) is 2.17. The van der Waals surface area contributed by atoms with Gasteiger partial charge >= 0.3 is 10.4 Å². The minimum absolute atomic E-state index is 0.307. The van der Waals surface area contributed by atoms with Crippen molar-refractivity contribution >= 4 is 20.5 Å². The first-order valence-electron chi connectivity index (χ1n) is 3.82. The van der Waals surface area contributed by atoms with E-state index in [0.29, 0.717) is 0 Å². The van der Waals surface area contributed by atoms with Crippen LogP contribution in [0.2, 0.25) is 0 Å². The summed E-state index contributed by atoms with van der Waals surface area (Å²) >= 11 is 0. The normalized spacial score (nSPS) is 11.5. The third-order valence-corrected chi connectivity index (χ3v) is 2.61. The smallest absolute Gasteiger partial charge is 0.282 e. The maximum absolute atomic E-state index is 12.2. The van der Waals surface area contributed by atoms with Crippen LogP contribution in [0.25, 0.3) is 0 Å². The summed E-state index contributed by atoms with van der Waals surface area (Å²) in [6.45, 7) is 0. The van der Waals surface area contributed by atoms with E-state index in [1.807, 2.05) is 0 Å². The Hall–Kier alpha value is -1.07. The molecule has 17 heavy (non-hydrogen) atoms. The van der Waals surface area contributed by atoms with Gasteiger partial charge in [0.25, 0.3) is 10.1 Å². The van der Waals surface area contributed by atoms with Crippen molar-refractivity contribution in [2.45, 2.75) is 4.90 Å². The highest BCUT2D eigenvalue weighted by molar-refractivity contribution is 7.85. The van der Waals surface area contributed by atoms with Crippen LogP contribution in [0.5, 0.6) is 0 Å². The average molecular weight is 288 g/mol. The van der Waals surface area contributed by atoms with Gasteiger partial charge in [-0.2, -0.15) is 16.8 Å². The van der Waals surface area contributed by atoms with E-state index in [1.54, 1.807) is 0 Å². The van der Waals surface area contributed by atoms with Gasteiger partial charge in [0.1, 0.15) is 5.82 Å². The molecule has 0 bridgehead atoms. The van der Waals surface area contributed by atoms with Crippen molar-refractivity contribution in [1.82, 2.24) is 0 Å². The van der Waals surface area contributed by atoms with Gasteiger partial charge in [-0.1, -0.05) is 0 Å². The Bertz CT molecular complexity index is 546. The lowest BCUT2D eigenvalue weighted by Crippen LogP contribution is -1.97. The number of halogens is 1. The lowest BCUT2D eigenvalue weighted by molar-refractivity contribution is 0.324. The number of rotatable bonds is 2. The van der Waals surface area contributed by atoms with E-state index in [9.17, 15) is 21.2 Å². The summed E-state index contributed by atoms with van der Waals surface area (Å²) in [5.41, 5.74) is 0. The highest BCUT2D eigenvalue weighted by Gasteiger charge is 2.07. The molecule has 0 aromatic heterocycles. The van der Waals surface area contributed by atoms with E-state index in [0.717, 1.165) is 31.4 Å². The molecule has 98 valence electrons. The zero-order chi connectivity index (χ0) is 13.7. The van der Waals surface area contributed by atoms with Gasteiger partial charge in [-0.25, -0.2) is 4.39 Å². The molecule has 10 heteroatoms.